The van der Waals surface area contributed by atoms with Crippen LogP contribution < -0.4 is 4.74 Å². The SMILES string of the molecule is N#Cc1cccnc1Oc1ccc2ncccc2c1. The highest BCUT2D eigenvalue weighted by molar-refractivity contribution is 5.79. The molecule has 2 heterocycles. The average molecular weight is 247 g/mol. The van der Waals surface area contributed by atoms with E-state index < -0.39 is 0 Å². The van der Waals surface area contributed by atoms with E-state index in [9.17, 15) is 0 Å². The lowest BCUT2D eigenvalue weighted by molar-refractivity contribution is 0.462. The molecule has 0 bridgehead atoms. The minimum absolute atomic E-state index is 0.313. The van der Waals surface area contributed by atoms with Crippen LogP contribution in [0.5, 0.6) is 11.6 Å². The normalized spacial score (nSPS) is 10.1. The van der Waals surface area contributed by atoms with Crippen molar-refractivity contribution in [3.63, 3.8) is 0 Å². The molecule has 90 valence electrons. The molecule has 0 aliphatic heterocycles. The molecule has 0 atom stereocenters. The second-order valence-corrected chi connectivity index (χ2v) is 3.93. The third kappa shape index (κ3) is 2.22. The summed E-state index contributed by atoms with van der Waals surface area (Å²) >= 11 is 0. The molecule has 3 aromatic rings. The fraction of sp³-hybridized carbons (Fsp3) is 0. The van der Waals surface area contributed by atoms with Crippen LogP contribution in [0, 0.1) is 11.3 Å². The monoisotopic (exact) mass is 247 g/mol. The summed E-state index contributed by atoms with van der Waals surface area (Å²) in [6.07, 6.45) is 3.34. The number of nitrogens with zero attached hydrogens (tertiary/aromatic N) is 3. The van der Waals surface area contributed by atoms with Crippen molar-refractivity contribution in [3.05, 3.63) is 60.4 Å². The number of hydrogen-bond acceptors (Lipinski definition) is 4. The highest BCUT2D eigenvalue weighted by atomic mass is 16.5. The number of aromatic nitrogens is 2. The Bertz CT molecular complexity index is 777. The van der Waals surface area contributed by atoms with Gasteiger partial charge in [-0.1, -0.05) is 6.07 Å². The Balaban J connectivity index is 1.99. The third-order valence-corrected chi connectivity index (χ3v) is 2.68. The molecule has 0 saturated heterocycles. The van der Waals surface area contributed by atoms with Gasteiger partial charge in [-0.3, -0.25) is 4.98 Å². The van der Waals surface area contributed by atoms with Crippen molar-refractivity contribution in [1.82, 2.24) is 9.97 Å². The standard InChI is InChI=1S/C15H9N3O/c16-10-12-4-2-8-18-15(12)19-13-5-6-14-11(9-13)3-1-7-17-14/h1-9H. The van der Waals surface area contributed by atoms with Gasteiger partial charge in [0.1, 0.15) is 17.4 Å². The van der Waals surface area contributed by atoms with Gasteiger partial charge in [0.05, 0.1) is 5.52 Å². The lowest BCUT2D eigenvalue weighted by Crippen LogP contribution is -1.91. The molecular formula is C15H9N3O. The van der Waals surface area contributed by atoms with Crippen LogP contribution in [-0.2, 0) is 0 Å². The van der Waals surface area contributed by atoms with Crippen molar-refractivity contribution >= 4 is 10.9 Å². The summed E-state index contributed by atoms with van der Waals surface area (Å²) in [7, 11) is 0. The van der Waals surface area contributed by atoms with E-state index >= 15 is 0 Å². The summed E-state index contributed by atoms with van der Waals surface area (Å²) in [6.45, 7) is 0. The molecule has 2 aromatic heterocycles. The molecule has 0 unspecified atom stereocenters. The Labute approximate surface area is 109 Å². The zero-order valence-electron chi connectivity index (χ0n) is 9.95. The lowest BCUT2D eigenvalue weighted by atomic mass is 10.2. The molecule has 0 spiro atoms. The van der Waals surface area contributed by atoms with Gasteiger partial charge in [-0.05, 0) is 36.4 Å². The molecule has 0 aliphatic rings. The molecule has 0 saturated carbocycles. The van der Waals surface area contributed by atoms with Gasteiger partial charge < -0.3 is 4.74 Å². The highest BCUT2D eigenvalue weighted by Gasteiger charge is 2.05. The van der Waals surface area contributed by atoms with E-state index in [1.165, 1.54) is 0 Å². The van der Waals surface area contributed by atoms with Gasteiger partial charge >= 0.3 is 0 Å². The van der Waals surface area contributed by atoms with E-state index in [4.69, 9.17) is 10.00 Å². The van der Waals surface area contributed by atoms with Gasteiger partial charge in [0.15, 0.2) is 0 Å². The minimum atomic E-state index is 0.313. The van der Waals surface area contributed by atoms with Crippen molar-refractivity contribution in [2.45, 2.75) is 0 Å². The van der Waals surface area contributed by atoms with E-state index in [1.54, 1.807) is 24.5 Å². The summed E-state index contributed by atoms with van der Waals surface area (Å²) in [6, 6.07) is 14.8. The Morgan fingerprint density at radius 3 is 2.74 bits per heavy atom. The Hall–Kier alpha value is -2.93. The molecule has 4 heteroatoms. The highest BCUT2D eigenvalue weighted by Crippen LogP contribution is 2.25. The lowest BCUT2D eigenvalue weighted by Gasteiger charge is -2.06. The van der Waals surface area contributed by atoms with Crippen LogP contribution in [0.2, 0.25) is 0 Å². The van der Waals surface area contributed by atoms with Crippen molar-refractivity contribution in [3.8, 4) is 17.7 Å². The molecule has 3 rings (SSSR count). The summed E-state index contributed by atoms with van der Waals surface area (Å²) < 4.78 is 5.65. The Morgan fingerprint density at radius 2 is 1.84 bits per heavy atom. The van der Waals surface area contributed by atoms with E-state index in [0.29, 0.717) is 17.2 Å². The van der Waals surface area contributed by atoms with Gasteiger partial charge in [0, 0.05) is 17.8 Å². The van der Waals surface area contributed by atoms with E-state index in [2.05, 4.69) is 16.0 Å². The predicted molar refractivity (Wildman–Crippen MR) is 70.8 cm³/mol. The number of ether oxygens (including phenoxy) is 1. The number of hydrogen-bond donors (Lipinski definition) is 0. The van der Waals surface area contributed by atoms with Crippen LogP contribution in [-0.4, -0.2) is 9.97 Å². The quantitative estimate of drug-likeness (QED) is 0.697. The fourth-order valence-corrected chi connectivity index (χ4v) is 1.79. The maximum Gasteiger partial charge on any atom is 0.237 e. The maximum atomic E-state index is 8.99. The molecule has 19 heavy (non-hydrogen) atoms. The maximum absolute atomic E-state index is 8.99. The Kier molecular flexibility index (Phi) is 2.79. The van der Waals surface area contributed by atoms with Crippen LogP contribution in [0.4, 0.5) is 0 Å². The fourth-order valence-electron chi connectivity index (χ4n) is 1.79. The van der Waals surface area contributed by atoms with Crippen molar-refractivity contribution < 1.29 is 4.74 Å². The smallest absolute Gasteiger partial charge is 0.237 e. The molecule has 1 aromatic carbocycles. The molecular weight excluding hydrogens is 238 g/mol. The van der Waals surface area contributed by atoms with Crippen LogP contribution in [0.3, 0.4) is 0 Å². The first-order valence-corrected chi connectivity index (χ1v) is 5.74. The zero-order valence-corrected chi connectivity index (χ0v) is 9.95. The van der Waals surface area contributed by atoms with Crippen molar-refractivity contribution in [1.29, 1.82) is 5.26 Å². The van der Waals surface area contributed by atoms with Gasteiger partial charge in [0.2, 0.25) is 5.88 Å². The molecule has 0 amide bonds. The minimum Gasteiger partial charge on any atom is -0.438 e. The second kappa shape index (κ2) is 4.75. The summed E-state index contributed by atoms with van der Waals surface area (Å²) in [5.74, 6) is 0.948. The predicted octanol–water partition coefficient (Wildman–Crippen LogP) is 3.29. The second-order valence-electron chi connectivity index (χ2n) is 3.93. The number of pyridine rings is 2. The van der Waals surface area contributed by atoms with Gasteiger partial charge in [-0.15, -0.1) is 0 Å². The van der Waals surface area contributed by atoms with Gasteiger partial charge in [-0.2, -0.15) is 5.26 Å². The van der Waals surface area contributed by atoms with Crippen molar-refractivity contribution in [2.24, 2.45) is 0 Å². The third-order valence-electron chi connectivity index (χ3n) is 2.68. The average Bonchev–Trinajstić information content (AvgIpc) is 2.48. The number of fused-ring (bicyclic) bond motifs is 1. The van der Waals surface area contributed by atoms with E-state index in [-0.39, 0.29) is 0 Å². The molecule has 0 radical (unpaired) electrons. The zero-order chi connectivity index (χ0) is 13.1. The summed E-state index contributed by atoms with van der Waals surface area (Å²) in [4.78, 5) is 8.30. The van der Waals surface area contributed by atoms with Gasteiger partial charge in [0.25, 0.3) is 0 Å². The molecule has 0 aliphatic carbocycles. The van der Waals surface area contributed by atoms with E-state index in [1.807, 2.05) is 30.3 Å². The number of rotatable bonds is 2. The molecule has 0 fully saturated rings. The Morgan fingerprint density at radius 1 is 1.00 bits per heavy atom. The summed E-state index contributed by atoms with van der Waals surface area (Å²) in [5.41, 5.74) is 1.31. The van der Waals surface area contributed by atoms with Crippen LogP contribution in [0.25, 0.3) is 10.9 Å². The first kappa shape index (κ1) is 11.2. The first-order valence-electron chi connectivity index (χ1n) is 5.74. The van der Waals surface area contributed by atoms with Gasteiger partial charge in [-0.25, -0.2) is 4.98 Å². The molecule has 4 nitrogen and oxygen atoms in total. The van der Waals surface area contributed by atoms with E-state index in [0.717, 1.165) is 10.9 Å². The van der Waals surface area contributed by atoms with Crippen LogP contribution in [0.15, 0.2) is 54.9 Å². The first-order chi connectivity index (χ1) is 9.36. The molecule has 0 N–H and O–H groups in total. The topological polar surface area (TPSA) is 58.8 Å². The van der Waals surface area contributed by atoms with Crippen LogP contribution in [0.1, 0.15) is 5.56 Å². The largest absolute Gasteiger partial charge is 0.438 e. The number of nitriles is 1. The van der Waals surface area contributed by atoms with Crippen molar-refractivity contribution in [2.75, 3.05) is 0 Å². The summed E-state index contributed by atoms with van der Waals surface area (Å²) in [5, 5.41) is 9.97. The number of benzene rings is 1. The van der Waals surface area contributed by atoms with Crippen LogP contribution >= 0.6 is 0 Å².